The van der Waals surface area contributed by atoms with E-state index in [1.807, 2.05) is 55.5 Å². The van der Waals surface area contributed by atoms with Gasteiger partial charge in [0.2, 0.25) is 5.91 Å². The van der Waals surface area contributed by atoms with Crippen molar-refractivity contribution in [2.45, 2.75) is 19.6 Å². The minimum atomic E-state index is -0.194. The van der Waals surface area contributed by atoms with Crippen molar-refractivity contribution in [3.05, 3.63) is 59.7 Å². The topological polar surface area (TPSA) is 73.6 Å². The van der Waals surface area contributed by atoms with E-state index >= 15 is 0 Å². The first-order chi connectivity index (χ1) is 11.1. The first-order valence-corrected chi connectivity index (χ1v) is 7.48. The number of hydrogen-bond donors (Lipinski definition) is 2. The van der Waals surface area contributed by atoms with Crippen LogP contribution in [0, 0.1) is 0 Å². The molecule has 0 aliphatic carbocycles. The smallest absolute Gasteiger partial charge is 0.234 e. The molecule has 122 valence electrons. The lowest BCUT2D eigenvalue weighted by Crippen LogP contribution is -2.32. The van der Waals surface area contributed by atoms with Gasteiger partial charge in [-0.15, -0.1) is 0 Å². The molecule has 0 spiro atoms. The molecule has 1 unspecified atom stereocenters. The Morgan fingerprint density at radius 2 is 1.91 bits per heavy atom. The number of carbonyl (C=O) groups is 1. The fourth-order valence-corrected chi connectivity index (χ4v) is 2.19. The van der Waals surface area contributed by atoms with Crippen molar-refractivity contribution in [2.24, 2.45) is 5.73 Å². The average Bonchev–Trinajstić information content (AvgIpc) is 2.60. The second-order valence-electron chi connectivity index (χ2n) is 5.18. The van der Waals surface area contributed by atoms with Gasteiger partial charge in [-0.1, -0.05) is 36.4 Å². The lowest BCUT2D eigenvalue weighted by atomic mass is 10.1. The molecule has 0 aliphatic heterocycles. The first-order valence-electron chi connectivity index (χ1n) is 7.48. The zero-order valence-corrected chi connectivity index (χ0v) is 13.4. The molecule has 0 saturated heterocycles. The van der Waals surface area contributed by atoms with Gasteiger partial charge in [-0.3, -0.25) is 4.79 Å². The quantitative estimate of drug-likeness (QED) is 0.823. The zero-order valence-electron chi connectivity index (χ0n) is 13.4. The number of carbonyl (C=O) groups excluding carboxylic acids is 1. The van der Waals surface area contributed by atoms with E-state index in [4.69, 9.17) is 15.2 Å². The summed E-state index contributed by atoms with van der Waals surface area (Å²) in [4.78, 5) is 11.4. The molecule has 5 nitrogen and oxygen atoms in total. The maximum absolute atomic E-state index is 11.4. The van der Waals surface area contributed by atoms with Crippen LogP contribution in [0.2, 0.25) is 0 Å². The Kier molecular flexibility index (Phi) is 6.00. The molecule has 1 amide bonds. The Bertz CT molecular complexity index is 644. The molecule has 0 heterocycles. The highest BCUT2D eigenvalue weighted by Crippen LogP contribution is 2.30. The van der Waals surface area contributed by atoms with Crippen molar-refractivity contribution < 1.29 is 14.3 Å². The molecule has 23 heavy (non-hydrogen) atoms. The van der Waals surface area contributed by atoms with Crippen LogP contribution in [0.4, 0.5) is 0 Å². The van der Waals surface area contributed by atoms with Crippen LogP contribution < -0.4 is 20.5 Å². The summed E-state index contributed by atoms with van der Waals surface area (Å²) in [6, 6.07) is 15.4. The monoisotopic (exact) mass is 314 g/mol. The SMILES string of the molecule is COc1cc(C(C)NC(=O)CN)ccc1OCc1ccccc1. The van der Waals surface area contributed by atoms with E-state index in [1.165, 1.54) is 0 Å². The van der Waals surface area contributed by atoms with Crippen molar-refractivity contribution in [1.29, 1.82) is 0 Å². The van der Waals surface area contributed by atoms with Gasteiger partial charge in [0.1, 0.15) is 6.61 Å². The Morgan fingerprint density at radius 3 is 2.57 bits per heavy atom. The number of rotatable bonds is 7. The third kappa shape index (κ3) is 4.72. The van der Waals surface area contributed by atoms with Crippen molar-refractivity contribution in [2.75, 3.05) is 13.7 Å². The molecule has 2 aromatic carbocycles. The third-order valence-corrected chi connectivity index (χ3v) is 3.49. The molecule has 0 radical (unpaired) electrons. The van der Waals surface area contributed by atoms with Gasteiger partial charge in [0, 0.05) is 0 Å². The summed E-state index contributed by atoms with van der Waals surface area (Å²) >= 11 is 0. The third-order valence-electron chi connectivity index (χ3n) is 3.49. The van der Waals surface area contributed by atoms with Crippen molar-refractivity contribution in [1.82, 2.24) is 5.32 Å². The summed E-state index contributed by atoms with van der Waals surface area (Å²) < 4.78 is 11.2. The average molecular weight is 314 g/mol. The Hall–Kier alpha value is -2.53. The van der Waals surface area contributed by atoms with Crippen molar-refractivity contribution in [3.63, 3.8) is 0 Å². The Balaban J connectivity index is 2.08. The van der Waals surface area contributed by atoms with E-state index in [9.17, 15) is 4.79 Å². The fourth-order valence-electron chi connectivity index (χ4n) is 2.19. The fraction of sp³-hybridized carbons (Fsp3) is 0.278. The molecule has 0 bridgehead atoms. The number of amides is 1. The van der Waals surface area contributed by atoms with Crippen LogP contribution in [-0.2, 0) is 11.4 Å². The largest absolute Gasteiger partial charge is 0.493 e. The number of hydrogen-bond acceptors (Lipinski definition) is 4. The molecule has 3 N–H and O–H groups in total. The van der Waals surface area contributed by atoms with Gasteiger partial charge in [-0.2, -0.15) is 0 Å². The van der Waals surface area contributed by atoms with E-state index < -0.39 is 0 Å². The van der Waals surface area contributed by atoms with Gasteiger partial charge in [-0.05, 0) is 30.2 Å². The van der Waals surface area contributed by atoms with Gasteiger partial charge < -0.3 is 20.5 Å². The lowest BCUT2D eigenvalue weighted by Gasteiger charge is -2.17. The maximum atomic E-state index is 11.4. The predicted molar refractivity (Wildman–Crippen MR) is 89.4 cm³/mol. The Labute approximate surface area is 136 Å². The molecule has 0 saturated carbocycles. The van der Waals surface area contributed by atoms with Gasteiger partial charge in [0.15, 0.2) is 11.5 Å². The standard InChI is InChI=1S/C18H22N2O3/c1-13(20-18(21)11-19)15-8-9-16(17(10-15)22-2)23-12-14-6-4-3-5-7-14/h3-10,13H,11-12,19H2,1-2H3,(H,20,21). The van der Waals surface area contributed by atoms with Crippen LogP contribution >= 0.6 is 0 Å². The summed E-state index contributed by atoms with van der Waals surface area (Å²) in [5, 5.41) is 2.81. The molecule has 5 heteroatoms. The van der Waals surface area contributed by atoms with Crippen LogP contribution in [0.5, 0.6) is 11.5 Å². The van der Waals surface area contributed by atoms with E-state index in [0.717, 1.165) is 11.1 Å². The zero-order chi connectivity index (χ0) is 16.7. The van der Waals surface area contributed by atoms with E-state index in [1.54, 1.807) is 7.11 Å². The van der Waals surface area contributed by atoms with Gasteiger partial charge in [-0.25, -0.2) is 0 Å². The number of benzene rings is 2. The molecule has 0 aliphatic rings. The van der Waals surface area contributed by atoms with Gasteiger partial charge in [0.25, 0.3) is 0 Å². The lowest BCUT2D eigenvalue weighted by molar-refractivity contribution is -0.120. The summed E-state index contributed by atoms with van der Waals surface area (Å²) in [6.07, 6.45) is 0. The van der Waals surface area contributed by atoms with Crippen LogP contribution in [0.3, 0.4) is 0 Å². The molecule has 2 rings (SSSR count). The van der Waals surface area contributed by atoms with E-state index in [2.05, 4.69) is 5.32 Å². The van der Waals surface area contributed by atoms with Crippen molar-refractivity contribution in [3.8, 4) is 11.5 Å². The second kappa shape index (κ2) is 8.19. The van der Waals surface area contributed by atoms with Gasteiger partial charge >= 0.3 is 0 Å². The highest BCUT2D eigenvalue weighted by molar-refractivity contribution is 5.78. The number of nitrogens with one attached hydrogen (secondary N) is 1. The van der Waals surface area contributed by atoms with Crippen molar-refractivity contribution >= 4 is 5.91 Å². The van der Waals surface area contributed by atoms with E-state index in [-0.39, 0.29) is 18.5 Å². The minimum absolute atomic E-state index is 0.0280. The number of nitrogens with two attached hydrogens (primary N) is 1. The molecule has 0 aromatic heterocycles. The predicted octanol–water partition coefficient (Wildman–Crippen LogP) is 2.41. The summed E-state index contributed by atoms with van der Waals surface area (Å²) in [6.45, 7) is 2.34. The Morgan fingerprint density at radius 1 is 1.17 bits per heavy atom. The normalized spacial score (nSPS) is 11.6. The molecule has 1 atom stereocenters. The van der Waals surface area contributed by atoms with E-state index in [0.29, 0.717) is 18.1 Å². The minimum Gasteiger partial charge on any atom is -0.493 e. The summed E-state index contributed by atoms with van der Waals surface area (Å²) in [7, 11) is 1.59. The van der Waals surface area contributed by atoms with Crippen LogP contribution in [-0.4, -0.2) is 19.6 Å². The number of ether oxygens (including phenoxy) is 2. The molecular weight excluding hydrogens is 292 g/mol. The van der Waals surface area contributed by atoms with Crippen LogP contribution in [0.15, 0.2) is 48.5 Å². The second-order valence-corrected chi connectivity index (χ2v) is 5.18. The molecule has 0 fully saturated rings. The number of methoxy groups -OCH3 is 1. The summed E-state index contributed by atoms with van der Waals surface area (Å²) in [5.41, 5.74) is 7.33. The highest BCUT2D eigenvalue weighted by Gasteiger charge is 2.12. The molecular formula is C18H22N2O3. The highest BCUT2D eigenvalue weighted by atomic mass is 16.5. The van der Waals surface area contributed by atoms with Crippen LogP contribution in [0.1, 0.15) is 24.1 Å². The van der Waals surface area contributed by atoms with Gasteiger partial charge in [0.05, 0.1) is 19.7 Å². The maximum Gasteiger partial charge on any atom is 0.234 e. The summed E-state index contributed by atoms with van der Waals surface area (Å²) in [5.74, 6) is 1.10. The molecule has 2 aromatic rings. The van der Waals surface area contributed by atoms with Crippen LogP contribution in [0.25, 0.3) is 0 Å². The first kappa shape index (κ1) is 16.8.